The van der Waals surface area contributed by atoms with Gasteiger partial charge >= 0.3 is 0 Å². The lowest BCUT2D eigenvalue weighted by Crippen LogP contribution is -2.21. The molecule has 0 aliphatic carbocycles. The van der Waals surface area contributed by atoms with Crippen molar-refractivity contribution in [2.45, 2.75) is 4.90 Å². The number of aliphatic imine (C=N–C) groups is 1. The number of sulfone groups is 1. The van der Waals surface area contributed by atoms with Crippen LogP contribution in [0.5, 0.6) is 0 Å². The van der Waals surface area contributed by atoms with Gasteiger partial charge in [-0.1, -0.05) is 0 Å². The van der Waals surface area contributed by atoms with E-state index >= 15 is 0 Å². The fraction of sp³-hybridized carbons (Fsp3) is 0.182. The summed E-state index contributed by atoms with van der Waals surface area (Å²) in [4.78, 5) is 5.50. The van der Waals surface area contributed by atoms with Crippen molar-refractivity contribution >= 4 is 21.7 Å². The van der Waals surface area contributed by atoms with Crippen LogP contribution in [-0.2, 0) is 9.84 Å². The summed E-state index contributed by atoms with van der Waals surface area (Å²) >= 11 is 0. The standard InChI is InChI=1S/C11H11FN2O2S/c1-17(15,16)9-2-3-11(10(12)8-9)14-6-4-13-5-7-14/h2-6,8H,7H2,1H3. The number of nitrogens with zero attached hydrogens (tertiary/aromatic N) is 2. The van der Waals surface area contributed by atoms with E-state index in [4.69, 9.17) is 0 Å². The van der Waals surface area contributed by atoms with E-state index < -0.39 is 15.7 Å². The van der Waals surface area contributed by atoms with Gasteiger partial charge in [-0.2, -0.15) is 0 Å². The topological polar surface area (TPSA) is 49.7 Å². The van der Waals surface area contributed by atoms with E-state index in [2.05, 4.69) is 4.99 Å². The summed E-state index contributed by atoms with van der Waals surface area (Å²) in [5.74, 6) is -0.562. The zero-order valence-electron chi connectivity index (χ0n) is 9.17. The Kier molecular flexibility index (Phi) is 2.97. The van der Waals surface area contributed by atoms with E-state index in [-0.39, 0.29) is 4.90 Å². The molecule has 0 atom stereocenters. The van der Waals surface area contributed by atoms with E-state index in [1.165, 1.54) is 12.1 Å². The first kappa shape index (κ1) is 11.8. The molecular formula is C11H11FN2O2S. The first-order valence-electron chi connectivity index (χ1n) is 4.93. The number of rotatable bonds is 2. The predicted octanol–water partition coefficient (Wildman–Crippen LogP) is 1.59. The number of halogens is 1. The minimum absolute atomic E-state index is 0.0200. The fourth-order valence-electron chi connectivity index (χ4n) is 1.51. The van der Waals surface area contributed by atoms with E-state index in [0.29, 0.717) is 12.2 Å². The Hall–Kier alpha value is -1.69. The number of benzene rings is 1. The Balaban J connectivity index is 2.39. The monoisotopic (exact) mass is 254 g/mol. The fourth-order valence-corrected chi connectivity index (χ4v) is 2.14. The number of hydrogen-bond acceptors (Lipinski definition) is 4. The Bertz CT molecular complexity index is 593. The average molecular weight is 254 g/mol. The zero-order valence-corrected chi connectivity index (χ0v) is 9.98. The van der Waals surface area contributed by atoms with Crippen LogP contribution in [0.2, 0.25) is 0 Å². The van der Waals surface area contributed by atoms with Gasteiger partial charge in [0, 0.05) is 24.9 Å². The third-order valence-corrected chi connectivity index (χ3v) is 3.48. The van der Waals surface area contributed by atoms with E-state index in [0.717, 1.165) is 12.3 Å². The van der Waals surface area contributed by atoms with Crippen LogP contribution in [-0.4, -0.2) is 27.4 Å². The summed E-state index contributed by atoms with van der Waals surface area (Å²) in [5.41, 5.74) is 0.333. The van der Waals surface area contributed by atoms with Gasteiger partial charge in [-0.05, 0) is 18.2 Å². The second-order valence-electron chi connectivity index (χ2n) is 3.67. The lowest BCUT2D eigenvalue weighted by Gasteiger charge is -2.20. The Morgan fingerprint density at radius 1 is 1.41 bits per heavy atom. The Morgan fingerprint density at radius 3 is 2.71 bits per heavy atom. The van der Waals surface area contributed by atoms with Gasteiger partial charge in [0.1, 0.15) is 5.82 Å². The number of anilines is 1. The van der Waals surface area contributed by atoms with Gasteiger partial charge in [-0.15, -0.1) is 0 Å². The maximum atomic E-state index is 13.8. The first-order valence-corrected chi connectivity index (χ1v) is 6.82. The lowest BCUT2D eigenvalue weighted by atomic mass is 10.2. The minimum atomic E-state index is -3.38. The molecular weight excluding hydrogens is 243 g/mol. The minimum Gasteiger partial charge on any atom is -0.339 e. The zero-order chi connectivity index (χ0) is 12.5. The van der Waals surface area contributed by atoms with Crippen LogP contribution in [0.25, 0.3) is 0 Å². The number of hydrogen-bond donors (Lipinski definition) is 0. The van der Waals surface area contributed by atoms with Crippen LogP contribution in [0.15, 0.2) is 40.5 Å². The van der Waals surface area contributed by atoms with Gasteiger partial charge in [0.05, 0.1) is 17.1 Å². The van der Waals surface area contributed by atoms with Crippen molar-refractivity contribution in [3.8, 4) is 0 Å². The largest absolute Gasteiger partial charge is 0.339 e. The second kappa shape index (κ2) is 4.29. The molecule has 0 aromatic heterocycles. The van der Waals surface area contributed by atoms with Crippen LogP contribution in [0, 0.1) is 5.82 Å². The molecule has 0 N–H and O–H groups in total. The van der Waals surface area contributed by atoms with Gasteiger partial charge < -0.3 is 4.90 Å². The molecule has 0 saturated carbocycles. The van der Waals surface area contributed by atoms with Crippen molar-refractivity contribution < 1.29 is 12.8 Å². The highest BCUT2D eigenvalue weighted by atomic mass is 32.2. The van der Waals surface area contributed by atoms with Crippen LogP contribution in [0.4, 0.5) is 10.1 Å². The third-order valence-electron chi connectivity index (χ3n) is 2.37. The van der Waals surface area contributed by atoms with Crippen LogP contribution in [0.1, 0.15) is 0 Å². The van der Waals surface area contributed by atoms with Crippen molar-refractivity contribution in [1.82, 2.24) is 0 Å². The molecule has 1 aromatic rings. The Morgan fingerprint density at radius 2 is 2.18 bits per heavy atom. The molecule has 0 unspecified atom stereocenters. The van der Waals surface area contributed by atoms with Gasteiger partial charge in [-0.3, -0.25) is 4.99 Å². The quantitative estimate of drug-likeness (QED) is 0.805. The normalized spacial score (nSPS) is 15.3. The van der Waals surface area contributed by atoms with Gasteiger partial charge in [-0.25, -0.2) is 12.8 Å². The smallest absolute Gasteiger partial charge is 0.175 e. The summed E-state index contributed by atoms with van der Waals surface area (Å²) in [6, 6.07) is 3.88. The van der Waals surface area contributed by atoms with Gasteiger partial charge in [0.15, 0.2) is 9.84 Å². The maximum absolute atomic E-state index is 13.8. The predicted molar refractivity (Wildman–Crippen MR) is 64.5 cm³/mol. The van der Waals surface area contributed by atoms with Crippen molar-refractivity contribution in [1.29, 1.82) is 0 Å². The molecule has 0 saturated heterocycles. The molecule has 17 heavy (non-hydrogen) atoms. The van der Waals surface area contributed by atoms with Crippen molar-refractivity contribution in [3.63, 3.8) is 0 Å². The molecule has 2 rings (SSSR count). The third kappa shape index (κ3) is 2.52. The van der Waals surface area contributed by atoms with Crippen LogP contribution < -0.4 is 4.90 Å². The maximum Gasteiger partial charge on any atom is 0.175 e. The van der Waals surface area contributed by atoms with E-state index in [1.54, 1.807) is 23.5 Å². The van der Waals surface area contributed by atoms with E-state index in [1.807, 2.05) is 0 Å². The molecule has 0 amide bonds. The Labute approximate surface area is 99.0 Å². The molecule has 0 radical (unpaired) electrons. The second-order valence-corrected chi connectivity index (χ2v) is 5.68. The van der Waals surface area contributed by atoms with Crippen molar-refractivity contribution in [2.24, 2.45) is 4.99 Å². The van der Waals surface area contributed by atoms with Gasteiger partial charge in [0.25, 0.3) is 0 Å². The molecule has 1 aliphatic heterocycles. The highest BCUT2D eigenvalue weighted by molar-refractivity contribution is 7.90. The molecule has 0 fully saturated rings. The van der Waals surface area contributed by atoms with Crippen LogP contribution >= 0.6 is 0 Å². The molecule has 1 aromatic carbocycles. The molecule has 6 heteroatoms. The summed E-state index contributed by atoms with van der Waals surface area (Å²) in [5, 5.41) is 0. The van der Waals surface area contributed by atoms with Crippen LogP contribution in [0.3, 0.4) is 0 Å². The SMILES string of the molecule is CS(=O)(=O)c1ccc(N2C=CN=CC2)c(F)c1. The van der Waals surface area contributed by atoms with Gasteiger partial charge in [0.2, 0.25) is 0 Å². The lowest BCUT2D eigenvalue weighted by molar-refractivity contribution is 0.595. The average Bonchev–Trinajstić information content (AvgIpc) is 2.29. The summed E-state index contributed by atoms with van der Waals surface area (Å²) in [6.45, 7) is 0.464. The first-order chi connectivity index (χ1) is 7.98. The van der Waals surface area contributed by atoms with Crippen molar-refractivity contribution in [2.75, 3.05) is 17.7 Å². The summed E-state index contributed by atoms with van der Waals surface area (Å²) in [6.07, 6.45) is 5.88. The molecule has 1 heterocycles. The van der Waals surface area contributed by atoms with Crippen molar-refractivity contribution in [3.05, 3.63) is 36.4 Å². The highest BCUT2D eigenvalue weighted by Crippen LogP contribution is 2.23. The highest BCUT2D eigenvalue weighted by Gasteiger charge is 2.14. The molecule has 4 nitrogen and oxygen atoms in total. The molecule has 0 bridgehead atoms. The molecule has 0 spiro atoms. The summed E-state index contributed by atoms with van der Waals surface area (Å²) < 4.78 is 36.3. The molecule has 90 valence electrons. The van der Waals surface area contributed by atoms with E-state index in [9.17, 15) is 12.8 Å². The molecule has 1 aliphatic rings. The summed E-state index contributed by atoms with van der Waals surface area (Å²) in [7, 11) is -3.38.